The van der Waals surface area contributed by atoms with Crippen LogP contribution in [0.15, 0.2) is 28.7 Å². The molecule has 0 aliphatic rings. The number of aromatic nitrogens is 2. The molecule has 0 fully saturated rings. The number of benzene rings is 1. The monoisotopic (exact) mass is 279 g/mol. The molecule has 3 nitrogen and oxygen atoms in total. The van der Waals surface area contributed by atoms with Gasteiger partial charge in [-0.3, -0.25) is 0 Å². The molecule has 0 bridgehead atoms. The molecule has 0 saturated carbocycles. The molecule has 2 N–H and O–H groups in total. The van der Waals surface area contributed by atoms with Gasteiger partial charge in [0, 0.05) is 17.1 Å². The average Bonchev–Trinajstić information content (AvgIpc) is 2.53. The van der Waals surface area contributed by atoms with Crippen LogP contribution in [0.4, 0.5) is 0 Å². The minimum atomic E-state index is 0.464. The number of aryl methyl sites for hydroxylation is 1. The maximum Gasteiger partial charge on any atom is 0.122 e. The van der Waals surface area contributed by atoms with Gasteiger partial charge in [0.25, 0.3) is 0 Å². The smallest absolute Gasteiger partial charge is 0.122 e. The molecule has 0 unspecified atom stereocenters. The van der Waals surface area contributed by atoms with Crippen LogP contribution in [-0.2, 0) is 13.6 Å². The van der Waals surface area contributed by atoms with Gasteiger partial charge in [0.1, 0.15) is 5.82 Å². The molecular formula is C12H14BrN3. The van der Waals surface area contributed by atoms with Crippen LogP contribution in [0.25, 0.3) is 11.3 Å². The first kappa shape index (κ1) is 11.4. The van der Waals surface area contributed by atoms with Crippen molar-refractivity contribution in [1.29, 1.82) is 0 Å². The van der Waals surface area contributed by atoms with Crippen molar-refractivity contribution < 1.29 is 0 Å². The van der Waals surface area contributed by atoms with Crippen molar-refractivity contribution in [2.45, 2.75) is 13.5 Å². The molecule has 0 atom stereocenters. The van der Waals surface area contributed by atoms with E-state index in [1.54, 1.807) is 0 Å². The second-order valence-corrected chi connectivity index (χ2v) is 4.65. The van der Waals surface area contributed by atoms with E-state index >= 15 is 0 Å². The van der Waals surface area contributed by atoms with Gasteiger partial charge >= 0.3 is 0 Å². The predicted molar refractivity (Wildman–Crippen MR) is 69.0 cm³/mol. The Morgan fingerprint density at radius 2 is 2.19 bits per heavy atom. The Kier molecular flexibility index (Phi) is 3.12. The first-order valence-electron chi connectivity index (χ1n) is 5.11. The Balaban J connectivity index is 2.60. The zero-order chi connectivity index (χ0) is 11.7. The summed E-state index contributed by atoms with van der Waals surface area (Å²) in [6, 6.07) is 8.20. The fourth-order valence-electron chi connectivity index (χ4n) is 1.91. The summed E-state index contributed by atoms with van der Waals surface area (Å²) >= 11 is 3.48. The van der Waals surface area contributed by atoms with Crippen LogP contribution in [0.5, 0.6) is 0 Å². The molecule has 2 aromatic rings. The van der Waals surface area contributed by atoms with Crippen LogP contribution < -0.4 is 5.73 Å². The summed E-state index contributed by atoms with van der Waals surface area (Å²) in [5.41, 5.74) is 8.94. The largest absolute Gasteiger partial charge is 0.330 e. The van der Waals surface area contributed by atoms with Crippen molar-refractivity contribution in [2.24, 2.45) is 12.8 Å². The van der Waals surface area contributed by atoms with E-state index in [9.17, 15) is 0 Å². The van der Waals surface area contributed by atoms with Gasteiger partial charge in [-0.05, 0) is 19.1 Å². The molecular weight excluding hydrogens is 266 g/mol. The minimum absolute atomic E-state index is 0.464. The Morgan fingerprint density at radius 3 is 2.75 bits per heavy atom. The van der Waals surface area contributed by atoms with Crippen molar-refractivity contribution in [3.05, 3.63) is 40.3 Å². The summed E-state index contributed by atoms with van der Waals surface area (Å²) in [6.07, 6.45) is 0. The topological polar surface area (TPSA) is 43.8 Å². The summed E-state index contributed by atoms with van der Waals surface area (Å²) < 4.78 is 3.12. The predicted octanol–water partition coefficient (Wildman–Crippen LogP) is 2.62. The van der Waals surface area contributed by atoms with Gasteiger partial charge in [-0.1, -0.05) is 28.1 Å². The average molecular weight is 280 g/mol. The first-order valence-corrected chi connectivity index (χ1v) is 5.91. The highest BCUT2D eigenvalue weighted by Gasteiger charge is 2.12. The fourth-order valence-corrected chi connectivity index (χ4v) is 2.31. The van der Waals surface area contributed by atoms with Gasteiger partial charge in [0.15, 0.2) is 0 Å². The van der Waals surface area contributed by atoms with Crippen LogP contribution in [0.3, 0.4) is 0 Å². The van der Waals surface area contributed by atoms with E-state index in [2.05, 4.69) is 37.6 Å². The highest BCUT2D eigenvalue weighted by Crippen LogP contribution is 2.26. The van der Waals surface area contributed by atoms with E-state index in [-0.39, 0.29) is 0 Å². The van der Waals surface area contributed by atoms with Gasteiger partial charge < -0.3 is 10.3 Å². The number of rotatable bonds is 2. The summed E-state index contributed by atoms with van der Waals surface area (Å²) in [7, 11) is 2.00. The Bertz CT molecular complexity index is 517. The van der Waals surface area contributed by atoms with Gasteiger partial charge in [-0.25, -0.2) is 4.98 Å². The van der Waals surface area contributed by atoms with Crippen LogP contribution in [0, 0.1) is 6.92 Å². The van der Waals surface area contributed by atoms with E-state index in [0.29, 0.717) is 6.54 Å². The number of imidazole rings is 1. The third-order valence-corrected chi connectivity index (χ3v) is 3.14. The molecule has 84 valence electrons. The van der Waals surface area contributed by atoms with Gasteiger partial charge in [-0.15, -0.1) is 0 Å². The molecule has 4 heteroatoms. The maximum atomic E-state index is 5.65. The van der Waals surface area contributed by atoms with E-state index < -0.39 is 0 Å². The highest BCUT2D eigenvalue weighted by atomic mass is 79.9. The third kappa shape index (κ3) is 1.90. The second kappa shape index (κ2) is 4.39. The van der Waals surface area contributed by atoms with E-state index in [4.69, 9.17) is 5.73 Å². The molecule has 0 spiro atoms. The van der Waals surface area contributed by atoms with Crippen molar-refractivity contribution in [1.82, 2.24) is 9.55 Å². The molecule has 2 rings (SSSR count). The van der Waals surface area contributed by atoms with Crippen molar-refractivity contribution >= 4 is 15.9 Å². The lowest BCUT2D eigenvalue weighted by Crippen LogP contribution is -2.05. The molecule has 0 amide bonds. The van der Waals surface area contributed by atoms with Gasteiger partial charge in [0.05, 0.1) is 17.9 Å². The first-order chi connectivity index (χ1) is 7.63. The van der Waals surface area contributed by atoms with Crippen molar-refractivity contribution in [3.63, 3.8) is 0 Å². The van der Waals surface area contributed by atoms with Crippen LogP contribution in [-0.4, -0.2) is 9.55 Å². The number of nitrogens with two attached hydrogens (primary N) is 1. The molecule has 1 aromatic carbocycles. The zero-order valence-electron chi connectivity index (χ0n) is 9.37. The lowest BCUT2D eigenvalue weighted by molar-refractivity contribution is 0.798. The molecule has 0 radical (unpaired) electrons. The lowest BCUT2D eigenvalue weighted by atomic mass is 10.1. The second-order valence-electron chi connectivity index (χ2n) is 3.74. The molecule has 0 aliphatic heterocycles. The molecule has 1 aromatic heterocycles. The summed E-state index contributed by atoms with van der Waals surface area (Å²) in [5.74, 6) is 0.910. The lowest BCUT2D eigenvalue weighted by Gasteiger charge is -2.06. The SMILES string of the molecule is Cc1nc(CN)n(C)c1-c1cccc(Br)c1. The van der Waals surface area contributed by atoms with Crippen LogP contribution in [0.2, 0.25) is 0 Å². The minimum Gasteiger partial charge on any atom is -0.330 e. The maximum absolute atomic E-state index is 5.65. The number of hydrogen-bond donors (Lipinski definition) is 1. The molecule has 1 heterocycles. The Hall–Kier alpha value is -1.13. The number of halogens is 1. The summed E-state index contributed by atoms with van der Waals surface area (Å²) in [6.45, 7) is 2.47. The Labute approximate surface area is 103 Å². The normalized spacial score (nSPS) is 10.8. The number of hydrogen-bond acceptors (Lipinski definition) is 2. The summed E-state index contributed by atoms with van der Waals surface area (Å²) in [4.78, 5) is 4.46. The summed E-state index contributed by atoms with van der Waals surface area (Å²) in [5, 5.41) is 0. The van der Waals surface area contributed by atoms with Crippen LogP contribution >= 0.6 is 15.9 Å². The Morgan fingerprint density at radius 1 is 1.44 bits per heavy atom. The molecule has 16 heavy (non-hydrogen) atoms. The van der Waals surface area contributed by atoms with Gasteiger partial charge in [0.2, 0.25) is 0 Å². The fraction of sp³-hybridized carbons (Fsp3) is 0.250. The van der Waals surface area contributed by atoms with Crippen LogP contribution in [0.1, 0.15) is 11.5 Å². The molecule has 0 saturated heterocycles. The third-order valence-electron chi connectivity index (χ3n) is 2.64. The van der Waals surface area contributed by atoms with Crippen molar-refractivity contribution in [2.75, 3.05) is 0 Å². The number of nitrogens with zero attached hydrogens (tertiary/aromatic N) is 2. The van der Waals surface area contributed by atoms with E-state index in [1.165, 1.54) is 0 Å². The molecule has 0 aliphatic carbocycles. The van der Waals surface area contributed by atoms with Crippen molar-refractivity contribution in [3.8, 4) is 11.3 Å². The highest BCUT2D eigenvalue weighted by molar-refractivity contribution is 9.10. The van der Waals surface area contributed by atoms with E-state index in [1.807, 2.05) is 26.1 Å². The zero-order valence-corrected chi connectivity index (χ0v) is 11.0. The quantitative estimate of drug-likeness (QED) is 0.919. The standard InChI is InChI=1S/C12H14BrN3/c1-8-12(16(2)11(7-14)15-8)9-4-3-5-10(13)6-9/h3-6H,7,14H2,1-2H3. The van der Waals surface area contributed by atoms with E-state index in [0.717, 1.165) is 27.2 Å². The van der Waals surface area contributed by atoms with Gasteiger partial charge in [-0.2, -0.15) is 0 Å².